The number of ether oxygens (including phenoxy) is 1. The molecule has 2 heterocycles. The molecule has 7 heteroatoms. The number of nitrogens with zero attached hydrogens (tertiary/aromatic N) is 2. The molecule has 0 saturated carbocycles. The van der Waals surface area contributed by atoms with Crippen molar-refractivity contribution in [3.63, 3.8) is 0 Å². The zero-order valence-corrected chi connectivity index (χ0v) is 17.2. The quantitative estimate of drug-likeness (QED) is 0.582. The summed E-state index contributed by atoms with van der Waals surface area (Å²) in [6, 6.07) is 18.9. The summed E-state index contributed by atoms with van der Waals surface area (Å²) in [7, 11) is 0. The number of carbonyl (C=O) groups is 2. The molecule has 0 radical (unpaired) electrons. The number of hydrogen-bond acceptors (Lipinski definition) is 5. The van der Waals surface area contributed by atoms with Crippen molar-refractivity contribution in [3.05, 3.63) is 78.3 Å². The number of hydrogen-bond donors (Lipinski definition) is 0. The number of piperazine rings is 1. The average Bonchev–Trinajstić information content (AvgIpc) is 3.30. The van der Waals surface area contributed by atoms with Crippen LogP contribution in [0.3, 0.4) is 0 Å². The Balaban J connectivity index is 1.32. The smallest absolute Gasteiger partial charge is 0.375 e. The lowest BCUT2D eigenvalue weighted by atomic mass is 10.2. The molecular weight excluding hydrogens is 399 g/mol. The SMILES string of the molecule is C[C@H](OC(=O)c1ccc(-c2ccc(F)cc2)o1)C(=O)N1CCN(c2ccccc2)CC1. The number of halogens is 1. The predicted molar refractivity (Wildman–Crippen MR) is 114 cm³/mol. The van der Waals surface area contributed by atoms with E-state index in [1.165, 1.54) is 18.2 Å². The van der Waals surface area contributed by atoms with Crippen LogP contribution >= 0.6 is 0 Å². The monoisotopic (exact) mass is 422 g/mol. The summed E-state index contributed by atoms with van der Waals surface area (Å²) in [5, 5.41) is 0. The summed E-state index contributed by atoms with van der Waals surface area (Å²) < 4.78 is 23.9. The summed E-state index contributed by atoms with van der Waals surface area (Å²) in [4.78, 5) is 29.1. The van der Waals surface area contributed by atoms with Gasteiger partial charge in [-0.05, 0) is 55.5 Å². The second kappa shape index (κ2) is 9.04. The van der Waals surface area contributed by atoms with Crippen molar-refractivity contribution < 1.29 is 23.1 Å². The van der Waals surface area contributed by atoms with Gasteiger partial charge in [-0.1, -0.05) is 18.2 Å². The summed E-state index contributed by atoms with van der Waals surface area (Å²) in [6.45, 7) is 4.12. The Labute approximate surface area is 179 Å². The first-order chi connectivity index (χ1) is 15.0. The number of rotatable bonds is 5. The Morgan fingerprint density at radius 2 is 1.61 bits per heavy atom. The van der Waals surface area contributed by atoms with Crippen molar-refractivity contribution in [1.29, 1.82) is 0 Å². The number of furan rings is 1. The van der Waals surface area contributed by atoms with E-state index < -0.39 is 12.1 Å². The number of anilines is 1. The minimum Gasteiger partial charge on any atom is -0.449 e. The standard InChI is InChI=1S/C24H23FN2O4/c1-17(23(28)27-15-13-26(14-16-27)20-5-3-2-4-6-20)30-24(29)22-12-11-21(31-22)18-7-9-19(25)10-8-18/h2-12,17H,13-16H2,1H3/t17-/m0/s1. The molecule has 0 aliphatic carbocycles. The molecule has 31 heavy (non-hydrogen) atoms. The van der Waals surface area contributed by atoms with Crippen LogP contribution in [0.4, 0.5) is 10.1 Å². The van der Waals surface area contributed by atoms with Gasteiger partial charge >= 0.3 is 5.97 Å². The van der Waals surface area contributed by atoms with Gasteiger partial charge in [0.15, 0.2) is 6.10 Å². The number of amides is 1. The van der Waals surface area contributed by atoms with Crippen molar-refractivity contribution in [3.8, 4) is 11.3 Å². The lowest BCUT2D eigenvalue weighted by molar-refractivity contribution is -0.140. The van der Waals surface area contributed by atoms with Crippen LogP contribution in [0.15, 0.2) is 71.1 Å². The van der Waals surface area contributed by atoms with Crippen molar-refractivity contribution in [2.75, 3.05) is 31.1 Å². The molecule has 1 atom stereocenters. The van der Waals surface area contributed by atoms with E-state index in [4.69, 9.17) is 9.15 Å². The highest BCUT2D eigenvalue weighted by Gasteiger charge is 2.28. The van der Waals surface area contributed by atoms with Gasteiger partial charge in [-0.15, -0.1) is 0 Å². The topological polar surface area (TPSA) is 63.0 Å². The van der Waals surface area contributed by atoms with E-state index in [1.807, 2.05) is 30.3 Å². The summed E-state index contributed by atoms with van der Waals surface area (Å²) in [5.41, 5.74) is 1.77. The Morgan fingerprint density at radius 3 is 2.29 bits per heavy atom. The Hall–Kier alpha value is -3.61. The normalized spacial score (nSPS) is 14.9. The molecule has 1 fully saturated rings. The van der Waals surface area contributed by atoms with Gasteiger partial charge in [-0.2, -0.15) is 0 Å². The molecule has 1 saturated heterocycles. The van der Waals surface area contributed by atoms with E-state index in [0.717, 1.165) is 18.8 Å². The number of carbonyl (C=O) groups excluding carboxylic acids is 2. The van der Waals surface area contributed by atoms with E-state index in [9.17, 15) is 14.0 Å². The lowest BCUT2D eigenvalue weighted by Crippen LogP contribution is -2.51. The molecule has 0 bridgehead atoms. The average molecular weight is 422 g/mol. The molecule has 4 rings (SSSR count). The maximum Gasteiger partial charge on any atom is 0.375 e. The maximum atomic E-state index is 13.1. The van der Waals surface area contributed by atoms with E-state index >= 15 is 0 Å². The minimum absolute atomic E-state index is 0.00660. The molecule has 1 aliphatic rings. The van der Waals surface area contributed by atoms with Crippen molar-refractivity contribution >= 4 is 17.6 Å². The molecule has 3 aromatic rings. The van der Waals surface area contributed by atoms with Crippen molar-refractivity contribution in [1.82, 2.24) is 4.90 Å². The molecule has 2 aromatic carbocycles. The molecule has 1 aliphatic heterocycles. The van der Waals surface area contributed by atoms with Gasteiger partial charge in [0.05, 0.1) is 0 Å². The van der Waals surface area contributed by atoms with Crippen LogP contribution < -0.4 is 4.90 Å². The van der Waals surface area contributed by atoms with Crippen LogP contribution in [0.2, 0.25) is 0 Å². The van der Waals surface area contributed by atoms with Gasteiger partial charge in [0.2, 0.25) is 5.76 Å². The van der Waals surface area contributed by atoms with Crippen LogP contribution in [0, 0.1) is 5.82 Å². The largest absolute Gasteiger partial charge is 0.449 e. The molecule has 0 unspecified atom stereocenters. The fourth-order valence-electron chi connectivity index (χ4n) is 3.57. The number of benzene rings is 2. The van der Waals surface area contributed by atoms with Crippen LogP contribution in [0.25, 0.3) is 11.3 Å². The molecule has 0 spiro atoms. The molecular formula is C24H23FN2O4. The summed E-state index contributed by atoms with van der Waals surface area (Å²) >= 11 is 0. The summed E-state index contributed by atoms with van der Waals surface area (Å²) in [6.07, 6.45) is -0.921. The zero-order valence-electron chi connectivity index (χ0n) is 17.2. The highest BCUT2D eigenvalue weighted by molar-refractivity contribution is 5.90. The van der Waals surface area contributed by atoms with Gasteiger partial charge in [-0.25, -0.2) is 9.18 Å². The van der Waals surface area contributed by atoms with Crippen LogP contribution in [-0.4, -0.2) is 49.1 Å². The fourth-order valence-corrected chi connectivity index (χ4v) is 3.57. The zero-order chi connectivity index (χ0) is 21.8. The molecule has 0 N–H and O–H groups in total. The molecule has 1 aromatic heterocycles. The first kappa shape index (κ1) is 20.7. The van der Waals surface area contributed by atoms with Crippen LogP contribution in [0.1, 0.15) is 17.5 Å². The van der Waals surface area contributed by atoms with Gasteiger partial charge in [0.25, 0.3) is 5.91 Å². The third kappa shape index (κ3) is 4.77. The Bertz CT molecular complexity index is 1040. The molecule has 6 nitrogen and oxygen atoms in total. The van der Waals surface area contributed by atoms with Crippen molar-refractivity contribution in [2.24, 2.45) is 0 Å². The number of esters is 1. The Morgan fingerprint density at radius 1 is 0.935 bits per heavy atom. The number of para-hydroxylation sites is 1. The Kier molecular flexibility index (Phi) is 6.02. The van der Waals surface area contributed by atoms with E-state index in [1.54, 1.807) is 30.0 Å². The third-order valence-corrected chi connectivity index (χ3v) is 5.28. The third-order valence-electron chi connectivity index (χ3n) is 5.28. The summed E-state index contributed by atoms with van der Waals surface area (Å²) in [5.74, 6) is -0.883. The predicted octanol–water partition coefficient (Wildman–Crippen LogP) is 3.98. The van der Waals surface area contributed by atoms with Crippen LogP contribution in [0.5, 0.6) is 0 Å². The fraction of sp³-hybridized carbons (Fsp3) is 0.250. The highest BCUT2D eigenvalue weighted by Crippen LogP contribution is 2.23. The molecule has 160 valence electrons. The van der Waals surface area contributed by atoms with Crippen LogP contribution in [-0.2, 0) is 9.53 Å². The van der Waals surface area contributed by atoms with Gasteiger partial charge < -0.3 is 19.0 Å². The van der Waals surface area contributed by atoms with E-state index in [0.29, 0.717) is 24.4 Å². The highest BCUT2D eigenvalue weighted by atomic mass is 19.1. The maximum absolute atomic E-state index is 13.1. The van der Waals surface area contributed by atoms with Gasteiger partial charge in [0.1, 0.15) is 11.6 Å². The molecule has 1 amide bonds. The van der Waals surface area contributed by atoms with Gasteiger partial charge in [0, 0.05) is 37.4 Å². The second-order valence-electron chi connectivity index (χ2n) is 7.37. The van der Waals surface area contributed by atoms with Gasteiger partial charge in [-0.3, -0.25) is 4.79 Å². The lowest BCUT2D eigenvalue weighted by Gasteiger charge is -2.36. The first-order valence-corrected chi connectivity index (χ1v) is 10.2. The van der Waals surface area contributed by atoms with Crippen molar-refractivity contribution in [2.45, 2.75) is 13.0 Å². The minimum atomic E-state index is -0.921. The second-order valence-corrected chi connectivity index (χ2v) is 7.37. The first-order valence-electron chi connectivity index (χ1n) is 10.2. The van der Waals surface area contributed by atoms with E-state index in [2.05, 4.69) is 4.90 Å². The van der Waals surface area contributed by atoms with E-state index in [-0.39, 0.29) is 17.5 Å².